The lowest BCUT2D eigenvalue weighted by molar-refractivity contribution is 0.878. The number of aryl methyl sites for hydroxylation is 2. The Morgan fingerprint density at radius 2 is 1.44 bits per heavy atom. The van der Waals surface area contributed by atoms with E-state index in [0.29, 0.717) is 0 Å². The molecule has 0 saturated heterocycles. The van der Waals surface area contributed by atoms with Crippen LogP contribution in [0.3, 0.4) is 0 Å². The van der Waals surface area contributed by atoms with E-state index in [4.69, 9.17) is 15.1 Å². The molecule has 0 atom stereocenters. The molecule has 32 heavy (non-hydrogen) atoms. The average molecular weight is 416 g/mol. The molecule has 0 aliphatic heterocycles. The molecule has 0 amide bonds. The van der Waals surface area contributed by atoms with E-state index >= 15 is 0 Å². The van der Waals surface area contributed by atoms with Crippen LogP contribution >= 0.6 is 0 Å². The number of hydrogen-bond donors (Lipinski definition) is 0. The maximum atomic E-state index is 5.18. The fourth-order valence-corrected chi connectivity index (χ4v) is 4.30. The summed E-state index contributed by atoms with van der Waals surface area (Å²) in [5.41, 5.74) is 7.79. The van der Waals surface area contributed by atoms with Crippen LogP contribution in [0, 0.1) is 6.92 Å². The second-order valence-corrected chi connectivity index (χ2v) is 7.94. The zero-order chi connectivity index (χ0) is 21.7. The fraction of sp³-hybridized carbons (Fsp3) is 0.0741. The van der Waals surface area contributed by atoms with Crippen LogP contribution in [-0.4, -0.2) is 24.3 Å². The molecule has 0 aliphatic rings. The summed E-state index contributed by atoms with van der Waals surface area (Å²) < 4.78 is 4.07. The first-order valence-electron chi connectivity index (χ1n) is 10.6. The van der Waals surface area contributed by atoms with Gasteiger partial charge in [-0.25, -0.2) is 14.6 Å². The minimum Gasteiger partial charge on any atom is -0.327 e. The SMILES string of the molecule is Cc1nn(-c2ccccc2)c2nc(-c3ccccc3)c(-c3nc4ccccc4n3C)cc12. The smallest absolute Gasteiger partial charge is 0.163 e. The summed E-state index contributed by atoms with van der Waals surface area (Å²) in [4.78, 5) is 10.1. The van der Waals surface area contributed by atoms with Crippen LogP contribution in [0.1, 0.15) is 5.69 Å². The van der Waals surface area contributed by atoms with Gasteiger partial charge in [-0.3, -0.25) is 0 Å². The molecule has 154 valence electrons. The first-order chi connectivity index (χ1) is 15.7. The Morgan fingerprint density at radius 1 is 0.750 bits per heavy atom. The number of benzene rings is 3. The molecule has 0 radical (unpaired) electrons. The highest BCUT2D eigenvalue weighted by molar-refractivity contribution is 5.92. The van der Waals surface area contributed by atoms with E-state index in [9.17, 15) is 0 Å². The standard InChI is InChI=1S/C27H21N5/c1-18-21-17-22(26-28-23-15-9-10-16-24(23)31(26)2)25(19-11-5-3-6-12-19)29-27(21)32(30-18)20-13-7-4-8-14-20/h3-17H,1-2H3. The summed E-state index contributed by atoms with van der Waals surface area (Å²) in [6.07, 6.45) is 0. The summed E-state index contributed by atoms with van der Waals surface area (Å²) in [5.74, 6) is 0.895. The van der Waals surface area contributed by atoms with Gasteiger partial charge in [0.2, 0.25) is 0 Å². The van der Waals surface area contributed by atoms with E-state index in [-0.39, 0.29) is 0 Å². The van der Waals surface area contributed by atoms with Crippen LogP contribution in [-0.2, 0) is 7.05 Å². The Balaban J connectivity index is 1.69. The summed E-state index contributed by atoms with van der Waals surface area (Å²) in [7, 11) is 2.06. The Hall–Kier alpha value is -4.25. The normalized spacial score (nSPS) is 11.4. The number of imidazole rings is 1. The van der Waals surface area contributed by atoms with Crippen LogP contribution in [0.15, 0.2) is 91.0 Å². The highest BCUT2D eigenvalue weighted by Crippen LogP contribution is 2.35. The maximum absolute atomic E-state index is 5.18. The molecule has 3 heterocycles. The second-order valence-electron chi connectivity index (χ2n) is 7.94. The molecular weight excluding hydrogens is 394 g/mol. The summed E-state index contributed by atoms with van der Waals surface area (Å²) >= 11 is 0. The molecule has 3 aromatic carbocycles. The minimum absolute atomic E-state index is 0.843. The van der Waals surface area contributed by atoms with Gasteiger partial charge in [-0.05, 0) is 37.3 Å². The molecule has 5 heteroatoms. The van der Waals surface area contributed by atoms with Crippen LogP contribution in [0.5, 0.6) is 0 Å². The van der Waals surface area contributed by atoms with Crippen molar-refractivity contribution < 1.29 is 0 Å². The minimum atomic E-state index is 0.843. The van der Waals surface area contributed by atoms with Crippen molar-refractivity contribution in [1.82, 2.24) is 24.3 Å². The second kappa shape index (κ2) is 7.17. The van der Waals surface area contributed by atoms with Gasteiger partial charge >= 0.3 is 0 Å². The average Bonchev–Trinajstić information content (AvgIpc) is 3.36. The number of fused-ring (bicyclic) bond motifs is 2. The van der Waals surface area contributed by atoms with Gasteiger partial charge in [0, 0.05) is 23.6 Å². The van der Waals surface area contributed by atoms with E-state index in [2.05, 4.69) is 48.0 Å². The van der Waals surface area contributed by atoms with Crippen molar-refractivity contribution in [2.75, 3.05) is 0 Å². The number of hydrogen-bond acceptors (Lipinski definition) is 3. The van der Waals surface area contributed by atoms with Crippen LogP contribution in [0.25, 0.3) is 50.4 Å². The van der Waals surface area contributed by atoms with Crippen molar-refractivity contribution >= 4 is 22.1 Å². The predicted molar refractivity (Wildman–Crippen MR) is 129 cm³/mol. The molecule has 0 saturated carbocycles. The Morgan fingerprint density at radius 3 is 2.19 bits per heavy atom. The van der Waals surface area contributed by atoms with E-state index in [0.717, 1.165) is 56.1 Å². The summed E-state index contributed by atoms with van der Waals surface area (Å²) in [6.45, 7) is 2.03. The molecule has 0 aliphatic carbocycles. The van der Waals surface area contributed by atoms with Crippen LogP contribution in [0.2, 0.25) is 0 Å². The number of rotatable bonds is 3. The van der Waals surface area contributed by atoms with Crippen molar-refractivity contribution in [3.05, 3.63) is 96.7 Å². The molecule has 6 rings (SSSR count). The zero-order valence-electron chi connectivity index (χ0n) is 17.9. The van der Waals surface area contributed by atoms with Crippen molar-refractivity contribution in [2.24, 2.45) is 7.05 Å². The number of para-hydroxylation sites is 3. The lowest BCUT2D eigenvalue weighted by atomic mass is 10.0. The van der Waals surface area contributed by atoms with Crippen molar-refractivity contribution in [1.29, 1.82) is 0 Å². The van der Waals surface area contributed by atoms with Crippen molar-refractivity contribution in [3.8, 4) is 28.3 Å². The summed E-state index contributed by atoms with van der Waals surface area (Å²) in [6, 6.07) is 30.8. The fourth-order valence-electron chi connectivity index (χ4n) is 4.30. The third-order valence-corrected chi connectivity index (χ3v) is 5.92. The molecular formula is C27H21N5. The Bertz CT molecular complexity index is 1580. The van der Waals surface area contributed by atoms with Crippen molar-refractivity contribution in [3.63, 3.8) is 0 Å². The van der Waals surface area contributed by atoms with Gasteiger partial charge in [0.1, 0.15) is 5.82 Å². The van der Waals surface area contributed by atoms with Gasteiger partial charge in [0.25, 0.3) is 0 Å². The molecule has 3 aromatic heterocycles. The Kier molecular flexibility index (Phi) is 4.15. The van der Waals surface area contributed by atoms with Crippen LogP contribution in [0.4, 0.5) is 0 Å². The first-order valence-corrected chi connectivity index (χ1v) is 10.6. The number of nitrogens with zero attached hydrogens (tertiary/aromatic N) is 5. The highest BCUT2D eigenvalue weighted by Gasteiger charge is 2.20. The van der Waals surface area contributed by atoms with E-state index in [1.165, 1.54) is 0 Å². The van der Waals surface area contributed by atoms with Gasteiger partial charge in [-0.15, -0.1) is 0 Å². The van der Waals surface area contributed by atoms with E-state index in [1.54, 1.807) is 0 Å². The van der Waals surface area contributed by atoms with Gasteiger partial charge < -0.3 is 4.57 Å². The van der Waals surface area contributed by atoms with Gasteiger partial charge in [0.05, 0.1) is 28.1 Å². The number of aromatic nitrogens is 5. The van der Waals surface area contributed by atoms with E-state index < -0.39 is 0 Å². The van der Waals surface area contributed by atoms with Gasteiger partial charge in [-0.2, -0.15) is 5.10 Å². The molecule has 6 aromatic rings. The number of pyridine rings is 1. The quantitative estimate of drug-likeness (QED) is 0.359. The Labute approximate surface area is 185 Å². The van der Waals surface area contributed by atoms with Crippen molar-refractivity contribution in [2.45, 2.75) is 6.92 Å². The lowest BCUT2D eigenvalue weighted by Crippen LogP contribution is -2.00. The topological polar surface area (TPSA) is 48.5 Å². The largest absolute Gasteiger partial charge is 0.327 e. The third kappa shape index (κ3) is 2.82. The van der Waals surface area contributed by atoms with Crippen LogP contribution < -0.4 is 0 Å². The predicted octanol–water partition coefficient (Wildman–Crippen LogP) is 5.95. The molecule has 0 unspecified atom stereocenters. The first kappa shape index (κ1) is 18.5. The molecule has 5 nitrogen and oxygen atoms in total. The van der Waals surface area contributed by atoms with Gasteiger partial charge in [-0.1, -0.05) is 60.7 Å². The van der Waals surface area contributed by atoms with Gasteiger partial charge in [0.15, 0.2) is 5.65 Å². The summed E-state index contributed by atoms with van der Waals surface area (Å²) in [5, 5.41) is 5.85. The monoisotopic (exact) mass is 415 g/mol. The van der Waals surface area contributed by atoms with E-state index in [1.807, 2.05) is 66.2 Å². The molecule has 0 spiro atoms. The molecule has 0 bridgehead atoms. The lowest BCUT2D eigenvalue weighted by Gasteiger charge is -2.11. The highest BCUT2D eigenvalue weighted by atomic mass is 15.3. The third-order valence-electron chi connectivity index (χ3n) is 5.92. The molecule has 0 N–H and O–H groups in total. The molecule has 0 fully saturated rings. The maximum Gasteiger partial charge on any atom is 0.163 e. The zero-order valence-corrected chi connectivity index (χ0v) is 17.9.